The second kappa shape index (κ2) is 10.5. The lowest BCUT2D eigenvalue weighted by atomic mass is 10.1. The van der Waals surface area contributed by atoms with E-state index in [-0.39, 0.29) is 5.91 Å². The van der Waals surface area contributed by atoms with Crippen LogP contribution in [0.5, 0.6) is 11.5 Å². The first kappa shape index (κ1) is 23.4. The summed E-state index contributed by atoms with van der Waals surface area (Å²) in [6.45, 7) is 7.78. The molecule has 3 aromatic carbocycles. The molecule has 4 aromatic rings. The van der Waals surface area contributed by atoms with Crippen LogP contribution in [0.4, 0.5) is 5.13 Å². The summed E-state index contributed by atoms with van der Waals surface area (Å²) in [5, 5.41) is 6.21. The van der Waals surface area contributed by atoms with Gasteiger partial charge in [-0.3, -0.25) is 9.69 Å². The largest absolute Gasteiger partial charge is 0.496 e. The van der Waals surface area contributed by atoms with Crippen molar-refractivity contribution in [2.24, 2.45) is 0 Å². The fraction of sp³-hybridized carbons (Fsp3) is 0.333. The second-order valence-corrected chi connectivity index (χ2v) is 9.55. The minimum atomic E-state index is -0.105. The van der Waals surface area contributed by atoms with Gasteiger partial charge in [-0.25, -0.2) is 4.98 Å². The first-order valence-electron chi connectivity index (χ1n) is 12.0. The number of hydrogen-bond acceptors (Lipinski definition) is 7. The van der Waals surface area contributed by atoms with Crippen molar-refractivity contribution < 1.29 is 14.3 Å². The molecule has 1 aliphatic heterocycles. The Labute approximate surface area is 209 Å². The Morgan fingerprint density at radius 1 is 1.06 bits per heavy atom. The highest BCUT2D eigenvalue weighted by Crippen LogP contribution is 2.32. The number of thiazole rings is 1. The predicted octanol–water partition coefficient (Wildman–Crippen LogP) is 4.41. The molecule has 0 aliphatic carbocycles. The maximum absolute atomic E-state index is 12.9. The van der Waals surface area contributed by atoms with Crippen molar-refractivity contribution in [1.29, 1.82) is 0 Å². The Balaban J connectivity index is 1.14. The summed E-state index contributed by atoms with van der Waals surface area (Å²) in [6.07, 6.45) is 0. The van der Waals surface area contributed by atoms with E-state index >= 15 is 0 Å². The highest BCUT2D eigenvalue weighted by molar-refractivity contribution is 7.22. The molecule has 0 atom stereocenters. The van der Waals surface area contributed by atoms with E-state index in [1.54, 1.807) is 18.4 Å². The summed E-state index contributed by atoms with van der Waals surface area (Å²) in [6, 6.07) is 17.9. The summed E-state index contributed by atoms with van der Waals surface area (Å²) >= 11 is 1.72. The summed E-state index contributed by atoms with van der Waals surface area (Å²) in [5.74, 6) is 1.38. The Kier molecular flexibility index (Phi) is 7.01. The zero-order valence-corrected chi connectivity index (χ0v) is 20.9. The van der Waals surface area contributed by atoms with Crippen LogP contribution in [0.15, 0.2) is 54.6 Å². The van der Waals surface area contributed by atoms with Crippen LogP contribution in [0.25, 0.3) is 21.0 Å². The summed E-state index contributed by atoms with van der Waals surface area (Å²) in [5.41, 5.74) is 1.59. The Hall–Kier alpha value is -3.36. The van der Waals surface area contributed by atoms with Gasteiger partial charge in [0, 0.05) is 39.3 Å². The molecule has 1 saturated heterocycles. The van der Waals surface area contributed by atoms with Crippen molar-refractivity contribution in [2.45, 2.75) is 6.92 Å². The smallest absolute Gasteiger partial charge is 0.255 e. The maximum atomic E-state index is 12.9. The Morgan fingerprint density at radius 2 is 1.83 bits per heavy atom. The van der Waals surface area contributed by atoms with Crippen molar-refractivity contribution >= 4 is 43.4 Å². The molecule has 0 saturated carbocycles. The second-order valence-electron chi connectivity index (χ2n) is 8.54. The average Bonchev–Trinajstić information content (AvgIpc) is 3.32. The molecule has 2 heterocycles. The number of aromatic nitrogens is 1. The van der Waals surface area contributed by atoms with Gasteiger partial charge in [0.15, 0.2) is 5.13 Å². The van der Waals surface area contributed by atoms with Crippen molar-refractivity contribution in [1.82, 2.24) is 15.2 Å². The van der Waals surface area contributed by atoms with Gasteiger partial charge in [-0.15, -0.1) is 0 Å². The number of nitrogens with zero attached hydrogens (tertiary/aromatic N) is 3. The molecule has 0 spiro atoms. The fourth-order valence-corrected chi connectivity index (χ4v) is 5.48. The number of piperazine rings is 1. The van der Waals surface area contributed by atoms with Crippen LogP contribution in [0.2, 0.25) is 0 Å². The van der Waals surface area contributed by atoms with Gasteiger partial charge in [0.2, 0.25) is 0 Å². The van der Waals surface area contributed by atoms with Crippen molar-refractivity contribution in [3.63, 3.8) is 0 Å². The molecular formula is C27H30N4O3S. The molecule has 1 amide bonds. The van der Waals surface area contributed by atoms with E-state index in [4.69, 9.17) is 14.5 Å². The number of benzene rings is 3. The quantitative estimate of drug-likeness (QED) is 0.395. The van der Waals surface area contributed by atoms with Crippen LogP contribution in [-0.2, 0) is 0 Å². The van der Waals surface area contributed by atoms with Gasteiger partial charge < -0.3 is 19.7 Å². The summed E-state index contributed by atoms with van der Waals surface area (Å²) in [7, 11) is 1.60. The lowest BCUT2D eigenvalue weighted by Gasteiger charge is -2.34. The van der Waals surface area contributed by atoms with E-state index in [0.29, 0.717) is 24.5 Å². The topological polar surface area (TPSA) is 66.9 Å². The molecular weight excluding hydrogens is 460 g/mol. The van der Waals surface area contributed by atoms with Gasteiger partial charge in [0.25, 0.3) is 5.91 Å². The Morgan fingerprint density at radius 3 is 2.57 bits per heavy atom. The number of fused-ring (bicyclic) bond motifs is 2. The fourth-order valence-electron chi connectivity index (χ4n) is 4.44. The number of methoxy groups -OCH3 is 1. The summed E-state index contributed by atoms with van der Waals surface area (Å²) in [4.78, 5) is 22.4. The van der Waals surface area contributed by atoms with Crippen molar-refractivity contribution in [2.75, 3.05) is 57.9 Å². The van der Waals surface area contributed by atoms with Gasteiger partial charge in [-0.1, -0.05) is 35.6 Å². The first-order valence-corrected chi connectivity index (χ1v) is 12.8. The first-order chi connectivity index (χ1) is 17.1. The van der Waals surface area contributed by atoms with E-state index in [2.05, 4.69) is 21.2 Å². The minimum Gasteiger partial charge on any atom is -0.496 e. The van der Waals surface area contributed by atoms with E-state index in [1.807, 2.05) is 55.5 Å². The third-order valence-corrected chi connectivity index (χ3v) is 7.41. The van der Waals surface area contributed by atoms with Crippen LogP contribution >= 0.6 is 11.3 Å². The molecule has 1 fully saturated rings. The van der Waals surface area contributed by atoms with Crippen molar-refractivity contribution in [3.8, 4) is 11.5 Å². The van der Waals surface area contributed by atoms with E-state index in [0.717, 1.165) is 64.6 Å². The minimum absolute atomic E-state index is 0.105. The zero-order chi connectivity index (χ0) is 24.2. The molecule has 1 N–H and O–H groups in total. The molecule has 8 heteroatoms. The Bertz CT molecular complexity index is 1330. The number of carbonyl (C=O) groups is 1. The van der Waals surface area contributed by atoms with Gasteiger partial charge in [0.05, 0.1) is 29.5 Å². The number of anilines is 1. The maximum Gasteiger partial charge on any atom is 0.255 e. The SMILES string of the molecule is CCOc1ccc2nc(N3CCN(CCNC(=O)c4cc5ccccc5cc4OC)CC3)sc2c1. The normalized spacial score (nSPS) is 14.4. The standard InChI is InChI=1S/C27H30N4O3S/c1-3-34-21-8-9-23-25(18-21)35-27(29-23)31-14-12-30(13-15-31)11-10-28-26(32)22-16-19-6-4-5-7-20(19)17-24(22)33-2/h4-9,16-18H,3,10-15H2,1-2H3,(H,28,32). The van der Waals surface area contributed by atoms with Crippen LogP contribution in [0, 0.1) is 0 Å². The molecule has 35 heavy (non-hydrogen) atoms. The van der Waals surface area contributed by atoms with Crippen molar-refractivity contribution in [3.05, 3.63) is 60.2 Å². The van der Waals surface area contributed by atoms with Gasteiger partial charge in [-0.05, 0) is 48.0 Å². The summed E-state index contributed by atoms with van der Waals surface area (Å²) < 4.78 is 12.2. The molecule has 1 aliphatic rings. The molecule has 7 nitrogen and oxygen atoms in total. The van der Waals surface area contributed by atoms with E-state index < -0.39 is 0 Å². The lowest BCUT2D eigenvalue weighted by molar-refractivity contribution is 0.0945. The van der Waals surface area contributed by atoms with Gasteiger partial charge >= 0.3 is 0 Å². The lowest BCUT2D eigenvalue weighted by Crippen LogP contribution is -2.48. The molecule has 5 rings (SSSR count). The van der Waals surface area contributed by atoms with Crippen LogP contribution in [-0.4, -0.2) is 68.8 Å². The highest BCUT2D eigenvalue weighted by atomic mass is 32.1. The van der Waals surface area contributed by atoms with Gasteiger partial charge in [-0.2, -0.15) is 0 Å². The zero-order valence-electron chi connectivity index (χ0n) is 20.1. The third-order valence-electron chi connectivity index (χ3n) is 6.33. The molecule has 0 bridgehead atoms. The number of rotatable bonds is 8. The third kappa shape index (κ3) is 5.18. The van der Waals surface area contributed by atoms with Gasteiger partial charge in [0.1, 0.15) is 11.5 Å². The van der Waals surface area contributed by atoms with Crippen LogP contribution < -0.4 is 19.7 Å². The van der Waals surface area contributed by atoms with E-state index in [9.17, 15) is 4.79 Å². The monoisotopic (exact) mass is 490 g/mol. The average molecular weight is 491 g/mol. The number of nitrogens with one attached hydrogen (secondary N) is 1. The van der Waals surface area contributed by atoms with Crippen LogP contribution in [0.1, 0.15) is 17.3 Å². The molecule has 0 unspecified atom stereocenters. The van der Waals surface area contributed by atoms with Crippen LogP contribution in [0.3, 0.4) is 0 Å². The highest BCUT2D eigenvalue weighted by Gasteiger charge is 2.20. The predicted molar refractivity (Wildman–Crippen MR) is 142 cm³/mol. The van der Waals surface area contributed by atoms with E-state index in [1.165, 1.54) is 0 Å². The molecule has 1 aromatic heterocycles. The molecule has 0 radical (unpaired) electrons. The number of hydrogen-bond donors (Lipinski definition) is 1. The molecule has 182 valence electrons. The number of amides is 1. The number of ether oxygens (including phenoxy) is 2. The number of carbonyl (C=O) groups excluding carboxylic acids is 1.